The summed E-state index contributed by atoms with van der Waals surface area (Å²) < 4.78 is 4.73. The van der Waals surface area contributed by atoms with Gasteiger partial charge in [0, 0.05) is 25.0 Å². The number of ether oxygens (including phenoxy) is 1. The van der Waals surface area contributed by atoms with Gasteiger partial charge in [-0.25, -0.2) is 0 Å². The topological polar surface area (TPSA) is 59.5 Å². The summed E-state index contributed by atoms with van der Waals surface area (Å²) in [6, 6.07) is 3.75. The molecule has 0 spiro atoms. The largest absolute Gasteiger partial charge is 0.469 e. The molecule has 0 atom stereocenters. The molecule has 0 aliphatic heterocycles. The van der Waals surface area contributed by atoms with E-state index in [0.717, 1.165) is 25.7 Å². The maximum Gasteiger partial charge on any atom is 0.307 e. The Bertz CT molecular complexity index is 496. The first-order valence-corrected chi connectivity index (χ1v) is 8.50. The molecule has 1 aromatic heterocycles. The molecule has 0 N–H and O–H groups in total. The maximum atomic E-state index is 12.9. The summed E-state index contributed by atoms with van der Waals surface area (Å²) >= 11 is 0. The summed E-state index contributed by atoms with van der Waals surface area (Å²) in [5.41, 5.74) is 0.583. The average molecular weight is 318 g/mol. The molecule has 23 heavy (non-hydrogen) atoms. The van der Waals surface area contributed by atoms with Crippen LogP contribution >= 0.6 is 0 Å². The number of amides is 1. The van der Waals surface area contributed by atoms with Gasteiger partial charge in [0.2, 0.25) is 0 Å². The SMILES string of the molecule is COC(=O)CCN(C(=O)c1cccnc1)C1CCCCCCC1. The van der Waals surface area contributed by atoms with Crippen LogP contribution in [0.1, 0.15) is 61.7 Å². The van der Waals surface area contributed by atoms with Crippen molar-refractivity contribution >= 4 is 11.9 Å². The van der Waals surface area contributed by atoms with Crippen molar-refractivity contribution in [1.82, 2.24) is 9.88 Å². The van der Waals surface area contributed by atoms with Crippen molar-refractivity contribution in [2.45, 2.75) is 57.4 Å². The van der Waals surface area contributed by atoms with Crippen molar-refractivity contribution in [3.63, 3.8) is 0 Å². The highest BCUT2D eigenvalue weighted by Crippen LogP contribution is 2.23. The Hall–Kier alpha value is -1.91. The Balaban J connectivity index is 2.12. The fourth-order valence-corrected chi connectivity index (χ4v) is 3.17. The van der Waals surface area contributed by atoms with Crippen LogP contribution in [0.2, 0.25) is 0 Å². The van der Waals surface area contributed by atoms with Crippen molar-refractivity contribution in [2.24, 2.45) is 0 Å². The molecule has 0 saturated heterocycles. The predicted molar refractivity (Wildman–Crippen MR) is 88.0 cm³/mol. The van der Waals surface area contributed by atoms with Gasteiger partial charge in [-0.15, -0.1) is 0 Å². The second-order valence-electron chi connectivity index (χ2n) is 6.07. The van der Waals surface area contributed by atoms with Crippen LogP contribution in [-0.2, 0) is 9.53 Å². The Morgan fingerprint density at radius 2 is 1.91 bits per heavy atom. The lowest BCUT2D eigenvalue weighted by Crippen LogP contribution is -2.42. The molecule has 5 heteroatoms. The normalized spacial score (nSPS) is 16.2. The highest BCUT2D eigenvalue weighted by molar-refractivity contribution is 5.94. The number of methoxy groups -OCH3 is 1. The van der Waals surface area contributed by atoms with E-state index in [1.54, 1.807) is 24.5 Å². The van der Waals surface area contributed by atoms with E-state index in [9.17, 15) is 9.59 Å². The third kappa shape index (κ3) is 5.34. The summed E-state index contributed by atoms with van der Waals surface area (Å²) in [5.74, 6) is -0.313. The van der Waals surface area contributed by atoms with Crippen LogP contribution < -0.4 is 0 Å². The Morgan fingerprint density at radius 3 is 2.52 bits per heavy atom. The minimum atomic E-state index is -0.278. The molecule has 0 bridgehead atoms. The van der Waals surface area contributed by atoms with Crippen LogP contribution in [0.15, 0.2) is 24.5 Å². The number of carbonyl (C=O) groups is 2. The molecule has 1 amide bonds. The Kier molecular flexibility index (Phi) is 7.04. The van der Waals surface area contributed by atoms with Gasteiger partial charge < -0.3 is 9.64 Å². The lowest BCUT2D eigenvalue weighted by atomic mass is 9.95. The number of rotatable bonds is 5. The van der Waals surface area contributed by atoms with Gasteiger partial charge in [0.05, 0.1) is 19.1 Å². The number of hydrogen-bond acceptors (Lipinski definition) is 4. The zero-order valence-corrected chi connectivity index (χ0v) is 13.9. The number of nitrogens with zero attached hydrogens (tertiary/aromatic N) is 2. The molecule has 1 aliphatic rings. The fraction of sp³-hybridized carbons (Fsp3) is 0.611. The molecule has 2 rings (SSSR count). The van der Waals surface area contributed by atoms with Crippen LogP contribution in [-0.4, -0.2) is 41.5 Å². The summed E-state index contributed by atoms with van der Waals surface area (Å²) in [6.45, 7) is 0.408. The van der Waals surface area contributed by atoms with Crippen LogP contribution in [0, 0.1) is 0 Å². The smallest absolute Gasteiger partial charge is 0.307 e. The standard InChI is InChI=1S/C18H26N2O3/c1-23-17(21)11-13-20(16-9-5-3-2-4-6-10-16)18(22)15-8-7-12-19-14-15/h7-8,12,14,16H,2-6,9-11,13H2,1H3. The van der Waals surface area contributed by atoms with E-state index < -0.39 is 0 Å². The molecule has 1 saturated carbocycles. The van der Waals surface area contributed by atoms with Gasteiger partial charge in [-0.05, 0) is 25.0 Å². The summed E-state index contributed by atoms with van der Waals surface area (Å²) in [7, 11) is 1.38. The van der Waals surface area contributed by atoms with Crippen molar-refractivity contribution in [1.29, 1.82) is 0 Å². The molecule has 1 aromatic rings. The monoisotopic (exact) mass is 318 g/mol. The second kappa shape index (κ2) is 9.28. The van der Waals surface area contributed by atoms with E-state index in [0.29, 0.717) is 12.1 Å². The van der Waals surface area contributed by atoms with Crippen molar-refractivity contribution in [3.05, 3.63) is 30.1 Å². The first-order chi connectivity index (χ1) is 11.2. The summed E-state index contributed by atoms with van der Waals surface area (Å²) in [6.07, 6.45) is 11.5. The number of pyridine rings is 1. The van der Waals surface area contributed by atoms with E-state index in [-0.39, 0.29) is 24.3 Å². The zero-order valence-electron chi connectivity index (χ0n) is 13.9. The molecular weight excluding hydrogens is 292 g/mol. The maximum absolute atomic E-state index is 12.9. The number of aromatic nitrogens is 1. The van der Waals surface area contributed by atoms with Crippen molar-refractivity contribution in [2.75, 3.05) is 13.7 Å². The highest BCUT2D eigenvalue weighted by atomic mass is 16.5. The van der Waals surface area contributed by atoms with Crippen molar-refractivity contribution in [3.8, 4) is 0 Å². The van der Waals surface area contributed by atoms with Gasteiger partial charge in [-0.3, -0.25) is 14.6 Å². The molecule has 126 valence electrons. The number of hydrogen-bond donors (Lipinski definition) is 0. The predicted octanol–water partition coefficient (Wildman–Crippen LogP) is 3.20. The highest BCUT2D eigenvalue weighted by Gasteiger charge is 2.25. The quantitative estimate of drug-likeness (QED) is 0.782. The first kappa shape index (κ1) is 17.4. The van der Waals surface area contributed by atoms with E-state index >= 15 is 0 Å². The van der Waals surface area contributed by atoms with E-state index in [2.05, 4.69) is 4.98 Å². The summed E-state index contributed by atoms with van der Waals surface area (Å²) in [4.78, 5) is 30.3. The lowest BCUT2D eigenvalue weighted by Gasteiger charge is -2.33. The molecule has 1 aliphatic carbocycles. The average Bonchev–Trinajstić information content (AvgIpc) is 2.56. The summed E-state index contributed by atoms with van der Waals surface area (Å²) in [5, 5.41) is 0. The van der Waals surface area contributed by atoms with Crippen LogP contribution in [0.5, 0.6) is 0 Å². The van der Waals surface area contributed by atoms with Gasteiger partial charge in [-0.1, -0.05) is 32.1 Å². The zero-order chi connectivity index (χ0) is 16.5. The van der Waals surface area contributed by atoms with E-state index in [4.69, 9.17) is 4.74 Å². The second-order valence-corrected chi connectivity index (χ2v) is 6.07. The van der Waals surface area contributed by atoms with E-state index in [1.807, 2.05) is 4.90 Å². The molecule has 5 nitrogen and oxygen atoms in total. The number of carbonyl (C=O) groups excluding carboxylic acids is 2. The molecule has 0 unspecified atom stereocenters. The Morgan fingerprint density at radius 1 is 1.22 bits per heavy atom. The van der Waals surface area contributed by atoms with Gasteiger partial charge >= 0.3 is 5.97 Å². The minimum absolute atomic E-state index is 0.0347. The lowest BCUT2D eigenvalue weighted by molar-refractivity contribution is -0.140. The van der Waals surface area contributed by atoms with Crippen LogP contribution in [0.4, 0.5) is 0 Å². The fourth-order valence-electron chi connectivity index (χ4n) is 3.17. The molecule has 1 heterocycles. The first-order valence-electron chi connectivity index (χ1n) is 8.50. The molecular formula is C18H26N2O3. The van der Waals surface area contributed by atoms with Gasteiger partial charge in [0.25, 0.3) is 5.91 Å². The van der Waals surface area contributed by atoms with Crippen LogP contribution in [0.25, 0.3) is 0 Å². The third-order valence-electron chi connectivity index (χ3n) is 4.47. The Labute approximate surface area is 138 Å². The van der Waals surface area contributed by atoms with Gasteiger partial charge in [-0.2, -0.15) is 0 Å². The molecule has 1 fully saturated rings. The van der Waals surface area contributed by atoms with Gasteiger partial charge in [0.1, 0.15) is 0 Å². The van der Waals surface area contributed by atoms with Crippen molar-refractivity contribution < 1.29 is 14.3 Å². The third-order valence-corrected chi connectivity index (χ3v) is 4.47. The van der Waals surface area contributed by atoms with Gasteiger partial charge in [0.15, 0.2) is 0 Å². The minimum Gasteiger partial charge on any atom is -0.469 e. The van der Waals surface area contributed by atoms with E-state index in [1.165, 1.54) is 26.4 Å². The number of esters is 1. The molecule has 0 aromatic carbocycles. The van der Waals surface area contributed by atoms with Crippen LogP contribution in [0.3, 0.4) is 0 Å². The molecule has 0 radical (unpaired) electrons.